The van der Waals surface area contributed by atoms with E-state index in [1.165, 1.54) is 0 Å². The van der Waals surface area contributed by atoms with Crippen LogP contribution in [0.5, 0.6) is 0 Å². The predicted octanol–water partition coefficient (Wildman–Crippen LogP) is -0.837. The largest absolute Gasteiger partial charge is 0.394 e. The molecule has 0 bridgehead atoms. The molecule has 0 spiro atoms. The number of hydrogen-bond acceptors (Lipinski definition) is 3. The number of alkyl halides is 2. The van der Waals surface area contributed by atoms with Crippen LogP contribution in [-0.4, -0.2) is 72.3 Å². The molecule has 8 heteroatoms. The topological polar surface area (TPSA) is 74.6 Å². The maximum atomic E-state index is 11.9. The van der Waals surface area contributed by atoms with E-state index >= 15 is 0 Å². The van der Waals surface area contributed by atoms with Crippen molar-refractivity contribution in [1.82, 2.24) is 0 Å². The van der Waals surface area contributed by atoms with Crippen LogP contribution >= 0.6 is 0 Å². The van der Waals surface area contributed by atoms with Crippen LogP contribution in [0.2, 0.25) is 0 Å². The van der Waals surface area contributed by atoms with Crippen LogP contribution in [0.25, 0.3) is 0 Å². The van der Waals surface area contributed by atoms with Crippen LogP contribution in [0, 0.1) is 0 Å². The van der Waals surface area contributed by atoms with E-state index < -0.39 is 34.8 Å². The number of aliphatic hydroxyl groups is 1. The standard InChI is InChI=1S/C4H8F2O4S.Na/c5-1-4(2-6,3-7)11(8,9)10;/h7H,1-3H2,(H,8,9,10);. The fraction of sp³-hybridized carbons (Fsp3) is 1.00. The molecule has 1 radical (unpaired) electrons. The van der Waals surface area contributed by atoms with Crippen LogP contribution in [0.1, 0.15) is 0 Å². The Labute approximate surface area is 91.0 Å². The van der Waals surface area contributed by atoms with Gasteiger partial charge in [-0.1, -0.05) is 0 Å². The molecule has 0 unspecified atom stereocenters. The van der Waals surface area contributed by atoms with Crippen LogP contribution in [0.3, 0.4) is 0 Å². The second kappa shape index (κ2) is 5.46. The van der Waals surface area contributed by atoms with Gasteiger partial charge in [0.05, 0.1) is 6.61 Å². The molecular weight excluding hydrogens is 205 g/mol. The van der Waals surface area contributed by atoms with Gasteiger partial charge in [0.1, 0.15) is 13.3 Å². The molecule has 69 valence electrons. The van der Waals surface area contributed by atoms with E-state index in [0.29, 0.717) is 0 Å². The average molecular weight is 213 g/mol. The van der Waals surface area contributed by atoms with Gasteiger partial charge < -0.3 is 5.11 Å². The molecule has 0 aliphatic heterocycles. The first-order valence-corrected chi connectivity index (χ1v) is 4.07. The second-order valence-electron chi connectivity index (χ2n) is 2.08. The minimum absolute atomic E-state index is 0. The van der Waals surface area contributed by atoms with Gasteiger partial charge >= 0.3 is 0 Å². The summed E-state index contributed by atoms with van der Waals surface area (Å²) in [6, 6.07) is 0. The summed E-state index contributed by atoms with van der Waals surface area (Å²) in [6.07, 6.45) is 0. The van der Waals surface area contributed by atoms with Crippen LogP contribution in [0.15, 0.2) is 0 Å². The Bertz CT molecular complexity index is 205. The van der Waals surface area contributed by atoms with Crippen molar-refractivity contribution in [2.24, 2.45) is 0 Å². The smallest absolute Gasteiger partial charge is 0.278 e. The zero-order valence-corrected chi connectivity index (χ0v) is 9.31. The first-order chi connectivity index (χ1) is 4.93. The first-order valence-electron chi connectivity index (χ1n) is 2.63. The summed E-state index contributed by atoms with van der Waals surface area (Å²) < 4.78 is 49.8. The van der Waals surface area contributed by atoms with Crippen molar-refractivity contribution in [2.45, 2.75) is 4.75 Å². The molecule has 0 rings (SSSR count). The van der Waals surface area contributed by atoms with E-state index in [1.807, 2.05) is 0 Å². The van der Waals surface area contributed by atoms with Gasteiger partial charge in [0.15, 0.2) is 4.75 Å². The second-order valence-corrected chi connectivity index (χ2v) is 3.90. The molecule has 0 aromatic rings. The van der Waals surface area contributed by atoms with E-state index in [-0.39, 0.29) is 29.6 Å². The van der Waals surface area contributed by atoms with Gasteiger partial charge in [-0.2, -0.15) is 8.42 Å². The number of hydrogen-bond donors (Lipinski definition) is 2. The third-order valence-corrected chi connectivity index (χ3v) is 2.76. The zero-order chi connectivity index (χ0) is 9.12. The molecule has 0 saturated heterocycles. The van der Waals surface area contributed by atoms with Crippen LogP contribution in [-0.2, 0) is 10.1 Å². The third-order valence-electron chi connectivity index (χ3n) is 1.32. The Morgan fingerprint density at radius 3 is 1.58 bits per heavy atom. The summed E-state index contributed by atoms with van der Waals surface area (Å²) in [5.74, 6) is 0. The number of halogens is 2. The molecule has 12 heavy (non-hydrogen) atoms. The van der Waals surface area contributed by atoms with Gasteiger partial charge in [0.25, 0.3) is 10.1 Å². The minimum Gasteiger partial charge on any atom is -0.394 e. The fourth-order valence-corrected chi connectivity index (χ4v) is 0.779. The van der Waals surface area contributed by atoms with E-state index in [1.54, 1.807) is 0 Å². The van der Waals surface area contributed by atoms with Gasteiger partial charge in [0, 0.05) is 29.6 Å². The molecule has 2 N–H and O–H groups in total. The maximum absolute atomic E-state index is 11.9. The van der Waals surface area contributed by atoms with Crippen LogP contribution < -0.4 is 0 Å². The Balaban J connectivity index is 0. The molecule has 0 heterocycles. The number of rotatable bonds is 4. The Hall–Kier alpha value is 0.730. The summed E-state index contributed by atoms with van der Waals surface area (Å²) in [5.41, 5.74) is 0. The van der Waals surface area contributed by atoms with Gasteiger partial charge in [-0.05, 0) is 0 Å². The van der Waals surface area contributed by atoms with Gasteiger partial charge in [0.2, 0.25) is 0 Å². The van der Waals surface area contributed by atoms with Crippen LogP contribution in [0.4, 0.5) is 8.78 Å². The average Bonchev–Trinajstić information content (AvgIpc) is 1.90. The van der Waals surface area contributed by atoms with E-state index in [0.717, 1.165) is 0 Å². The molecule has 4 nitrogen and oxygen atoms in total. The Morgan fingerprint density at radius 1 is 1.25 bits per heavy atom. The summed E-state index contributed by atoms with van der Waals surface area (Å²) >= 11 is 0. The molecule has 0 amide bonds. The molecule has 0 aliphatic rings. The van der Waals surface area contributed by atoms with E-state index in [9.17, 15) is 17.2 Å². The van der Waals surface area contributed by atoms with E-state index in [4.69, 9.17) is 9.66 Å². The molecule has 0 aromatic heterocycles. The first kappa shape index (κ1) is 15.2. The van der Waals surface area contributed by atoms with Crippen molar-refractivity contribution in [3.05, 3.63) is 0 Å². The Kier molecular flexibility index (Phi) is 6.92. The van der Waals surface area contributed by atoms with Crippen molar-refractivity contribution in [2.75, 3.05) is 20.0 Å². The van der Waals surface area contributed by atoms with Crippen molar-refractivity contribution < 1.29 is 26.9 Å². The summed E-state index contributed by atoms with van der Waals surface area (Å²) in [5, 5.41) is 8.29. The normalized spacial score (nSPS) is 12.3. The molecular formula is C4H8F2NaO4S. The Morgan fingerprint density at radius 2 is 1.58 bits per heavy atom. The minimum atomic E-state index is -4.88. The summed E-state index contributed by atoms with van der Waals surface area (Å²) in [6.45, 7) is -4.59. The van der Waals surface area contributed by atoms with Gasteiger partial charge in [-0.25, -0.2) is 8.78 Å². The van der Waals surface area contributed by atoms with Gasteiger partial charge in [-0.15, -0.1) is 0 Å². The van der Waals surface area contributed by atoms with E-state index in [2.05, 4.69) is 0 Å². The maximum Gasteiger partial charge on any atom is 0.278 e. The fourth-order valence-electron chi connectivity index (χ4n) is 0.340. The quantitative estimate of drug-likeness (QED) is 0.472. The third kappa shape index (κ3) is 2.90. The summed E-state index contributed by atoms with van der Waals surface area (Å²) in [4.78, 5) is 0. The number of aliphatic hydroxyl groups excluding tert-OH is 1. The van der Waals surface area contributed by atoms with Crippen molar-refractivity contribution in [3.63, 3.8) is 0 Å². The predicted molar refractivity (Wildman–Crippen MR) is 39.1 cm³/mol. The van der Waals surface area contributed by atoms with Gasteiger partial charge in [-0.3, -0.25) is 4.55 Å². The molecule has 0 aromatic carbocycles. The zero-order valence-electron chi connectivity index (χ0n) is 6.50. The molecule has 0 fully saturated rings. The van der Waals surface area contributed by atoms with Crippen molar-refractivity contribution >= 4 is 39.7 Å². The van der Waals surface area contributed by atoms with Crippen molar-refractivity contribution in [1.29, 1.82) is 0 Å². The monoisotopic (exact) mass is 213 g/mol. The molecule has 0 aliphatic carbocycles. The SMILES string of the molecule is O=S(=O)(O)C(CO)(CF)CF.[Na]. The van der Waals surface area contributed by atoms with Crippen molar-refractivity contribution in [3.8, 4) is 0 Å². The molecule has 0 saturated carbocycles. The molecule has 0 atom stereocenters. The summed E-state index contributed by atoms with van der Waals surface area (Å²) in [7, 11) is -4.88.